The first-order valence-corrected chi connectivity index (χ1v) is 6.09. The molecule has 0 N–H and O–H groups in total. The van der Waals surface area contributed by atoms with Gasteiger partial charge < -0.3 is 4.74 Å². The van der Waals surface area contributed by atoms with E-state index in [1.54, 1.807) is 18.3 Å². The van der Waals surface area contributed by atoms with Crippen molar-refractivity contribution in [2.24, 2.45) is 0 Å². The summed E-state index contributed by atoms with van der Waals surface area (Å²) in [5.74, 6) is 0.752. The molecule has 1 aliphatic rings. The van der Waals surface area contributed by atoms with Crippen LogP contribution in [0.3, 0.4) is 0 Å². The molecule has 1 aromatic rings. The van der Waals surface area contributed by atoms with Crippen LogP contribution in [-0.4, -0.2) is 24.0 Å². The van der Waals surface area contributed by atoms with Crippen molar-refractivity contribution in [2.75, 3.05) is 13.2 Å². The Balaban J connectivity index is 2.02. The van der Waals surface area contributed by atoms with Gasteiger partial charge in [-0.05, 0) is 19.8 Å². The van der Waals surface area contributed by atoms with Gasteiger partial charge in [-0.25, -0.2) is 4.98 Å². The summed E-state index contributed by atoms with van der Waals surface area (Å²) in [6.07, 6.45) is 4.50. The molecule has 4 heteroatoms. The Bertz CT molecular complexity index is 342. The summed E-state index contributed by atoms with van der Waals surface area (Å²) in [4.78, 5) is 16.4. The second-order valence-electron chi connectivity index (χ2n) is 3.93. The smallest absolute Gasteiger partial charge is 0.135 e. The maximum Gasteiger partial charge on any atom is 0.135 e. The van der Waals surface area contributed by atoms with Crippen molar-refractivity contribution >= 4 is 17.1 Å². The molecule has 1 saturated heterocycles. The second-order valence-corrected chi connectivity index (χ2v) is 5.08. The van der Waals surface area contributed by atoms with E-state index in [9.17, 15) is 4.79 Å². The number of carbonyl (C=O) groups excluding carboxylic acids is 1. The fourth-order valence-electron chi connectivity index (χ4n) is 1.78. The van der Waals surface area contributed by atoms with Crippen molar-refractivity contribution in [3.8, 4) is 0 Å². The van der Waals surface area contributed by atoms with E-state index < -0.39 is 0 Å². The van der Waals surface area contributed by atoms with Gasteiger partial charge in [-0.3, -0.25) is 4.79 Å². The number of aromatic nitrogens is 1. The van der Waals surface area contributed by atoms with Crippen molar-refractivity contribution in [1.82, 2.24) is 4.98 Å². The molecule has 1 aliphatic heterocycles. The Morgan fingerprint density at radius 3 is 3.00 bits per heavy atom. The molecule has 1 aromatic heterocycles. The van der Waals surface area contributed by atoms with Crippen molar-refractivity contribution in [3.05, 3.63) is 16.1 Å². The third kappa shape index (κ3) is 2.86. The van der Waals surface area contributed by atoms with Crippen LogP contribution in [0.4, 0.5) is 0 Å². The number of hydrogen-bond donors (Lipinski definition) is 0. The first-order valence-electron chi connectivity index (χ1n) is 5.27. The lowest BCUT2D eigenvalue weighted by Crippen LogP contribution is -2.13. The van der Waals surface area contributed by atoms with Crippen LogP contribution in [0.5, 0.6) is 0 Å². The highest BCUT2D eigenvalue weighted by Gasteiger charge is 2.19. The quantitative estimate of drug-likeness (QED) is 0.791. The van der Waals surface area contributed by atoms with Crippen LogP contribution in [0.2, 0.25) is 0 Å². The second kappa shape index (κ2) is 4.86. The van der Waals surface area contributed by atoms with E-state index >= 15 is 0 Å². The van der Waals surface area contributed by atoms with Gasteiger partial charge in [0.05, 0.1) is 5.01 Å². The van der Waals surface area contributed by atoms with Gasteiger partial charge in [0.25, 0.3) is 0 Å². The molecule has 1 fully saturated rings. The molecule has 0 saturated carbocycles. The summed E-state index contributed by atoms with van der Waals surface area (Å²) >= 11 is 1.68. The van der Waals surface area contributed by atoms with Crippen molar-refractivity contribution in [1.29, 1.82) is 0 Å². The van der Waals surface area contributed by atoms with Gasteiger partial charge in [-0.1, -0.05) is 0 Å². The van der Waals surface area contributed by atoms with E-state index in [1.165, 1.54) is 5.01 Å². The zero-order valence-electron chi connectivity index (χ0n) is 8.86. The molecule has 15 heavy (non-hydrogen) atoms. The van der Waals surface area contributed by atoms with Gasteiger partial charge in [0.15, 0.2) is 0 Å². The Hall–Kier alpha value is -0.740. The van der Waals surface area contributed by atoms with Crippen LogP contribution in [0.1, 0.15) is 35.6 Å². The lowest BCUT2D eigenvalue weighted by molar-refractivity contribution is -0.116. The molecule has 0 spiro atoms. The van der Waals surface area contributed by atoms with E-state index in [-0.39, 0.29) is 5.78 Å². The van der Waals surface area contributed by atoms with Crippen molar-refractivity contribution in [3.63, 3.8) is 0 Å². The SMILES string of the molecule is CC(=O)Cc1cnc(C2CCOCC2)s1. The van der Waals surface area contributed by atoms with Gasteiger partial charge in [0, 0.05) is 36.6 Å². The fourth-order valence-corrected chi connectivity index (χ4v) is 2.94. The molecule has 0 amide bonds. The largest absolute Gasteiger partial charge is 0.381 e. The minimum absolute atomic E-state index is 0.206. The average molecular weight is 225 g/mol. The lowest BCUT2D eigenvalue weighted by atomic mass is 10.0. The molecule has 2 heterocycles. The number of carbonyl (C=O) groups is 1. The normalized spacial score (nSPS) is 17.9. The fraction of sp³-hybridized carbons (Fsp3) is 0.636. The predicted molar refractivity (Wildman–Crippen MR) is 59.3 cm³/mol. The number of ketones is 1. The summed E-state index contributed by atoms with van der Waals surface area (Å²) in [6.45, 7) is 3.30. The summed E-state index contributed by atoms with van der Waals surface area (Å²) < 4.78 is 5.32. The first-order chi connectivity index (χ1) is 7.25. The molecule has 82 valence electrons. The molecule has 2 rings (SSSR count). The van der Waals surface area contributed by atoms with Crippen LogP contribution >= 0.6 is 11.3 Å². The highest BCUT2D eigenvalue weighted by Crippen LogP contribution is 2.30. The van der Waals surface area contributed by atoms with Crippen LogP contribution in [0, 0.1) is 0 Å². The average Bonchev–Trinajstić information content (AvgIpc) is 2.67. The number of thiazole rings is 1. The number of nitrogens with zero attached hydrogens (tertiary/aromatic N) is 1. The lowest BCUT2D eigenvalue weighted by Gasteiger charge is -2.19. The molecular formula is C11H15NO2S. The number of Topliss-reactive ketones (excluding diaryl/α,β-unsaturated/α-hetero) is 1. The predicted octanol–water partition coefficient (Wildman–Crippen LogP) is 2.17. The Morgan fingerprint density at radius 1 is 1.60 bits per heavy atom. The number of hydrogen-bond acceptors (Lipinski definition) is 4. The molecule has 0 aromatic carbocycles. The molecular weight excluding hydrogens is 210 g/mol. The Morgan fingerprint density at radius 2 is 2.33 bits per heavy atom. The van der Waals surface area contributed by atoms with Gasteiger partial charge >= 0.3 is 0 Å². The zero-order chi connectivity index (χ0) is 10.7. The van der Waals surface area contributed by atoms with E-state index in [0.29, 0.717) is 12.3 Å². The van der Waals surface area contributed by atoms with Crippen molar-refractivity contribution in [2.45, 2.75) is 32.1 Å². The standard InChI is InChI=1S/C11H15NO2S/c1-8(13)6-10-7-12-11(15-10)9-2-4-14-5-3-9/h7,9H,2-6H2,1H3. The third-order valence-corrected chi connectivity index (χ3v) is 3.72. The van der Waals surface area contributed by atoms with Gasteiger partial charge in [0.2, 0.25) is 0 Å². The van der Waals surface area contributed by atoms with Crippen LogP contribution in [-0.2, 0) is 16.0 Å². The monoisotopic (exact) mass is 225 g/mol. The van der Waals surface area contributed by atoms with E-state index in [0.717, 1.165) is 30.9 Å². The summed E-state index contributed by atoms with van der Waals surface area (Å²) in [5, 5.41) is 1.18. The Kier molecular flexibility index (Phi) is 3.49. The van der Waals surface area contributed by atoms with Gasteiger partial charge in [-0.2, -0.15) is 0 Å². The third-order valence-electron chi connectivity index (χ3n) is 2.57. The molecule has 0 bridgehead atoms. The molecule has 0 radical (unpaired) electrons. The highest BCUT2D eigenvalue weighted by atomic mass is 32.1. The van der Waals surface area contributed by atoms with E-state index in [4.69, 9.17) is 4.74 Å². The minimum atomic E-state index is 0.206. The minimum Gasteiger partial charge on any atom is -0.381 e. The summed E-state index contributed by atoms with van der Waals surface area (Å²) in [6, 6.07) is 0. The highest BCUT2D eigenvalue weighted by molar-refractivity contribution is 7.11. The summed E-state index contributed by atoms with van der Waals surface area (Å²) in [5.41, 5.74) is 0. The van der Waals surface area contributed by atoms with Crippen molar-refractivity contribution < 1.29 is 9.53 Å². The first kappa shape index (κ1) is 10.8. The maximum atomic E-state index is 11.0. The van der Waals surface area contributed by atoms with Gasteiger partial charge in [0.1, 0.15) is 5.78 Å². The van der Waals surface area contributed by atoms with Gasteiger partial charge in [-0.15, -0.1) is 11.3 Å². The molecule has 3 nitrogen and oxygen atoms in total. The molecule has 0 aliphatic carbocycles. The topological polar surface area (TPSA) is 39.2 Å². The Labute approximate surface area is 93.5 Å². The maximum absolute atomic E-state index is 11.0. The molecule has 0 unspecified atom stereocenters. The summed E-state index contributed by atoms with van der Waals surface area (Å²) in [7, 11) is 0. The molecule has 0 atom stereocenters. The number of rotatable bonds is 3. The van der Waals surface area contributed by atoms with Crippen LogP contribution < -0.4 is 0 Å². The van der Waals surface area contributed by atoms with E-state index in [2.05, 4.69) is 4.98 Å². The number of ether oxygens (including phenoxy) is 1. The van der Waals surface area contributed by atoms with E-state index in [1.807, 2.05) is 6.20 Å². The zero-order valence-corrected chi connectivity index (χ0v) is 9.68. The van der Waals surface area contributed by atoms with Crippen LogP contribution in [0.25, 0.3) is 0 Å². The van der Waals surface area contributed by atoms with Crippen LogP contribution in [0.15, 0.2) is 6.20 Å².